The van der Waals surface area contributed by atoms with Gasteiger partial charge in [-0.3, -0.25) is 0 Å². The van der Waals surface area contributed by atoms with Gasteiger partial charge in [-0.2, -0.15) is 0 Å². The number of hydrogen-bond donors (Lipinski definition) is 1. The zero-order valence-electron chi connectivity index (χ0n) is 10.6. The highest BCUT2D eigenvalue weighted by Crippen LogP contribution is 2.21. The van der Waals surface area contributed by atoms with Crippen molar-refractivity contribution in [2.75, 3.05) is 20.1 Å². The first-order valence-electron chi connectivity index (χ1n) is 5.85. The molecule has 0 aliphatic heterocycles. The third kappa shape index (κ3) is 5.73. The van der Waals surface area contributed by atoms with Crippen LogP contribution in [0.2, 0.25) is 10.0 Å². The number of likely N-dealkylation sites (N-methyl/N-ethyl adjacent to an activating group) is 1. The maximum Gasteiger partial charge on any atom is 0.0465 e. The predicted molar refractivity (Wildman–Crippen MR) is 75.9 cm³/mol. The van der Waals surface area contributed by atoms with Crippen molar-refractivity contribution >= 4 is 23.2 Å². The fourth-order valence-electron chi connectivity index (χ4n) is 1.56. The minimum absolute atomic E-state index is 0.530. The lowest BCUT2D eigenvalue weighted by Crippen LogP contribution is -2.32. The van der Waals surface area contributed by atoms with Crippen LogP contribution in [0.4, 0.5) is 0 Å². The first-order chi connectivity index (χ1) is 7.99. The van der Waals surface area contributed by atoms with E-state index in [4.69, 9.17) is 23.2 Å². The van der Waals surface area contributed by atoms with Gasteiger partial charge in [-0.05, 0) is 24.7 Å². The first kappa shape index (κ1) is 14.8. The van der Waals surface area contributed by atoms with Crippen LogP contribution in [-0.4, -0.2) is 31.1 Å². The maximum atomic E-state index is 6.13. The summed E-state index contributed by atoms with van der Waals surface area (Å²) in [6.07, 6.45) is 0. The van der Waals surface area contributed by atoms with Gasteiger partial charge in [0.25, 0.3) is 0 Å². The normalized spacial score (nSPS) is 11.5. The Hall–Kier alpha value is -0.280. The summed E-state index contributed by atoms with van der Waals surface area (Å²) in [7, 11) is 2.09. The average Bonchev–Trinajstić information content (AvgIpc) is 2.21. The Morgan fingerprint density at radius 3 is 2.59 bits per heavy atom. The smallest absolute Gasteiger partial charge is 0.0465 e. The summed E-state index contributed by atoms with van der Waals surface area (Å²) in [6.45, 7) is 7.12. The van der Waals surface area contributed by atoms with E-state index in [1.165, 1.54) is 0 Å². The molecule has 1 aromatic rings. The molecule has 1 rings (SSSR count). The second-order valence-electron chi connectivity index (χ2n) is 4.58. The third-order valence-corrected chi connectivity index (χ3v) is 3.09. The maximum absolute atomic E-state index is 6.13. The largest absolute Gasteiger partial charge is 0.313 e. The molecule has 1 aromatic carbocycles. The third-order valence-electron chi connectivity index (χ3n) is 2.50. The fraction of sp³-hybridized carbons (Fsp3) is 0.538. The summed E-state index contributed by atoms with van der Waals surface area (Å²) >= 11 is 12.0. The van der Waals surface area contributed by atoms with Gasteiger partial charge >= 0.3 is 0 Å². The molecule has 0 atom stereocenters. The Morgan fingerprint density at radius 1 is 1.29 bits per heavy atom. The van der Waals surface area contributed by atoms with Crippen LogP contribution in [0.25, 0.3) is 0 Å². The van der Waals surface area contributed by atoms with Crippen LogP contribution in [0, 0.1) is 0 Å². The van der Waals surface area contributed by atoms with E-state index in [1.807, 2.05) is 12.1 Å². The van der Waals surface area contributed by atoms with Crippen molar-refractivity contribution in [1.29, 1.82) is 0 Å². The summed E-state index contributed by atoms with van der Waals surface area (Å²) in [5.41, 5.74) is 1.11. The SMILES string of the molecule is CC(C)NCCN(C)Cc1ccc(Cl)cc1Cl. The van der Waals surface area contributed by atoms with Crippen LogP contribution in [-0.2, 0) is 6.54 Å². The molecule has 2 nitrogen and oxygen atoms in total. The number of nitrogens with zero attached hydrogens (tertiary/aromatic N) is 1. The highest BCUT2D eigenvalue weighted by Gasteiger charge is 2.05. The molecule has 17 heavy (non-hydrogen) atoms. The molecule has 0 spiro atoms. The second-order valence-corrected chi connectivity index (χ2v) is 5.43. The molecule has 1 N–H and O–H groups in total. The number of nitrogens with one attached hydrogen (secondary N) is 1. The summed E-state index contributed by atoms with van der Waals surface area (Å²) in [5.74, 6) is 0. The minimum Gasteiger partial charge on any atom is -0.313 e. The molecule has 0 saturated carbocycles. The van der Waals surface area contributed by atoms with Crippen molar-refractivity contribution in [2.24, 2.45) is 0 Å². The van der Waals surface area contributed by atoms with Crippen molar-refractivity contribution < 1.29 is 0 Å². The topological polar surface area (TPSA) is 15.3 Å². The Morgan fingerprint density at radius 2 is 2.00 bits per heavy atom. The van der Waals surface area contributed by atoms with E-state index in [2.05, 4.69) is 31.1 Å². The van der Waals surface area contributed by atoms with Crippen LogP contribution >= 0.6 is 23.2 Å². The highest BCUT2D eigenvalue weighted by atomic mass is 35.5. The summed E-state index contributed by atoms with van der Waals surface area (Å²) < 4.78 is 0. The zero-order chi connectivity index (χ0) is 12.8. The molecule has 0 unspecified atom stereocenters. The standard InChI is InChI=1S/C13H20Cl2N2/c1-10(2)16-6-7-17(3)9-11-4-5-12(14)8-13(11)15/h4-5,8,10,16H,6-7,9H2,1-3H3. The predicted octanol–water partition coefficient (Wildman–Crippen LogP) is 3.42. The van der Waals surface area contributed by atoms with Gasteiger partial charge in [-0.1, -0.05) is 43.1 Å². The van der Waals surface area contributed by atoms with Crippen LogP contribution in [0.5, 0.6) is 0 Å². The van der Waals surface area contributed by atoms with Gasteiger partial charge < -0.3 is 10.2 Å². The van der Waals surface area contributed by atoms with Crippen LogP contribution < -0.4 is 5.32 Å². The lowest BCUT2D eigenvalue weighted by atomic mass is 10.2. The molecule has 0 radical (unpaired) electrons. The van der Waals surface area contributed by atoms with Crippen molar-refractivity contribution in [3.8, 4) is 0 Å². The van der Waals surface area contributed by atoms with E-state index in [1.54, 1.807) is 6.07 Å². The van der Waals surface area contributed by atoms with E-state index in [9.17, 15) is 0 Å². The van der Waals surface area contributed by atoms with Crippen molar-refractivity contribution in [2.45, 2.75) is 26.4 Å². The van der Waals surface area contributed by atoms with Crippen molar-refractivity contribution in [3.05, 3.63) is 33.8 Å². The Bertz CT molecular complexity index is 353. The van der Waals surface area contributed by atoms with Crippen LogP contribution in [0.3, 0.4) is 0 Å². The average molecular weight is 275 g/mol. The van der Waals surface area contributed by atoms with Crippen molar-refractivity contribution in [3.63, 3.8) is 0 Å². The molecule has 0 aliphatic carbocycles. The molecule has 0 aromatic heterocycles. The minimum atomic E-state index is 0.530. The quantitative estimate of drug-likeness (QED) is 0.855. The second kappa shape index (κ2) is 7.22. The number of rotatable bonds is 6. The molecule has 96 valence electrons. The molecule has 4 heteroatoms. The Balaban J connectivity index is 2.42. The van der Waals surface area contributed by atoms with E-state index < -0.39 is 0 Å². The lowest BCUT2D eigenvalue weighted by Gasteiger charge is -2.18. The molecule has 0 aliphatic rings. The van der Waals surface area contributed by atoms with Gasteiger partial charge in [-0.25, -0.2) is 0 Å². The zero-order valence-corrected chi connectivity index (χ0v) is 12.1. The Labute approximate surface area is 114 Å². The van der Waals surface area contributed by atoms with E-state index >= 15 is 0 Å². The summed E-state index contributed by atoms with van der Waals surface area (Å²) in [4.78, 5) is 2.24. The lowest BCUT2D eigenvalue weighted by molar-refractivity contribution is 0.320. The van der Waals surface area contributed by atoms with Gasteiger partial charge in [0.05, 0.1) is 0 Å². The molecule has 0 heterocycles. The summed E-state index contributed by atoms with van der Waals surface area (Å²) in [5, 5.41) is 4.81. The van der Waals surface area contributed by atoms with E-state index in [-0.39, 0.29) is 0 Å². The van der Waals surface area contributed by atoms with Gasteiger partial charge in [0.1, 0.15) is 0 Å². The number of benzene rings is 1. The number of halogens is 2. The highest BCUT2D eigenvalue weighted by molar-refractivity contribution is 6.35. The van der Waals surface area contributed by atoms with Gasteiger partial charge in [-0.15, -0.1) is 0 Å². The van der Waals surface area contributed by atoms with Crippen LogP contribution in [0.15, 0.2) is 18.2 Å². The monoisotopic (exact) mass is 274 g/mol. The number of hydrogen-bond acceptors (Lipinski definition) is 2. The Kier molecular flexibility index (Phi) is 6.28. The molecule has 0 fully saturated rings. The van der Waals surface area contributed by atoms with E-state index in [0.29, 0.717) is 11.1 Å². The van der Waals surface area contributed by atoms with Gasteiger partial charge in [0.2, 0.25) is 0 Å². The van der Waals surface area contributed by atoms with Crippen molar-refractivity contribution in [1.82, 2.24) is 10.2 Å². The fourth-order valence-corrected chi connectivity index (χ4v) is 2.03. The first-order valence-corrected chi connectivity index (χ1v) is 6.60. The van der Waals surface area contributed by atoms with Gasteiger partial charge in [0, 0.05) is 35.7 Å². The molecule has 0 saturated heterocycles. The van der Waals surface area contributed by atoms with E-state index in [0.717, 1.165) is 30.2 Å². The molecule has 0 amide bonds. The van der Waals surface area contributed by atoms with Crippen LogP contribution in [0.1, 0.15) is 19.4 Å². The molecular formula is C13H20Cl2N2. The molecule has 0 bridgehead atoms. The summed E-state index contributed by atoms with van der Waals surface area (Å²) in [6, 6.07) is 6.18. The van der Waals surface area contributed by atoms with Gasteiger partial charge in [0.15, 0.2) is 0 Å². The molecular weight excluding hydrogens is 255 g/mol.